The second-order valence-corrected chi connectivity index (χ2v) is 8.56. The molecular weight excluding hydrogens is 392 g/mol. The third-order valence-corrected chi connectivity index (χ3v) is 6.39. The molecule has 3 aliphatic rings. The van der Waals surface area contributed by atoms with Gasteiger partial charge in [-0.15, -0.1) is 0 Å². The van der Waals surface area contributed by atoms with Crippen molar-refractivity contribution in [3.05, 3.63) is 52.8 Å². The van der Waals surface area contributed by atoms with Gasteiger partial charge in [-0.3, -0.25) is 14.5 Å². The van der Waals surface area contributed by atoms with Crippen LogP contribution in [0.3, 0.4) is 0 Å². The topological polar surface area (TPSA) is 86.5 Å². The molecule has 0 bridgehead atoms. The molecule has 1 aromatic heterocycles. The van der Waals surface area contributed by atoms with Gasteiger partial charge in [0.2, 0.25) is 5.91 Å². The lowest BCUT2D eigenvalue weighted by molar-refractivity contribution is -0.122. The van der Waals surface area contributed by atoms with E-state index in [2.05, 4.69) is 32.7 Å². The molecule has 31 heavy (non-hydrogen) atoms. The molecule has 2 amide bonds. The highest BCUT2D eigenvalue weighted by molar-refractivity contribution is 6.34. The first-order valence-corrected chi connectivity index (χ1v) is 11.1. The number of carbonyl (C=O) groups is 2. The number of carbonyl (C=O) groups excluding carboxylic acids is 2. The second-order valence-electron chi connectivity index (χ2n) is 8.56. The lowest BCUT2D eigenvalue weighted by atomic mass is 9.96. The van der Waals surface area contributed by atoms with Crippen molar-refractivity contribution in [2.24, 2.45) is 5.92 Å². The summed E-state index contributed by atoms with van der Waals surface area (Å²) in [5.41, 5.74) is 5.74. The maximum atomic E-state index is 12.6. The summed E-state index contributed by atoms with van der Waals surface area (Å²) in [6.07, 6.45) is 6.52. The number of nitrogens with zero attached hydrogens (tertiary/aromatic N) is 1. The Morgan fingerprint density at radius 2 is 2.00 bits per heavy atom. The van der Waals surface area contributed by atoms with Crippen LogP contribution in [0.1, 0.15) is 35.2 Å². The summed E-state index contributed by atoms with van der Waals surface area (Å²) in [6.45, 7) is 5.12. The molecule has 3 N–H and O–H groups in total. The van der Waals surface area contributed by atoms with E-state index in [1.165, 1.54) is 5.56 Å². The number of aromatic amines is 1. The number of rotatable bonds is 6. The molecule has 2 saturated heterocycles. The number of ether oxygens (including phenoxy) is 1. The zero-order valence-electron chi connectivity index (χ0n) is 17.6. The van der Waals surface area contributed by atoms with Crippen molar-refractivity contribution in [1.82, 2.24) is 15.2 Å². The van der Waals surface area contributed by atoms with Crippen molar-refractivity contribution in [3.63, 3.8) is 0 Å². The number of fused-ring (bicyclic) bond motifs is 1. The summed E-state index contributed by atoms with van der Waals surface area (Å²) in [7, 11) is 0. The summed E-state index contributed by atoms with van der Waals surface area (Å²) in [5.74, 6) is 0.191. The predicted molar refractivity (Wildman–Crippen MR) is 119 cm³/mol. The monoisotopic (exact) mass is 420 g/mol. The summed E-state index contributed by atoms with van der Waals surface area (Å²) in [6, 6.07) is 8.21. The van der Waals surface area contributed by atoms with Gasteiger partial charge in [-0.2, -0.15) is 0 Å². The first-order chi connectivity index (χ1) is 15.2. The Morgan fingerprint density at radius 3 is 2.81 bits per heavy atom. The molecule has 0 spiro atoms. The van der Waals surface area contributed by atoms with E-state index in [0.29, 0.717) is 5.57 Å². The first-order valence-electron chi connectivity index (χ1n) is 11.1. The number of anilines is 1. The zero-order valence-corrected chi connectivity index (χ0v) is 17.6. The molecule has 5 rings (SSSR count). The summed E-state index contributed by atoms with van der Waals surface area (Å²) < 4.78 is 5.41. The van der Waals surface area contributed by atoms with Crippen LogP contribution in [0.5, 0.6) is 0 Å². The van der Waals surface area contributed by atoms with Crippen LogP contribution < -0.4 is 10.6 Å². The molecule has 1 unspecified atom stereocenters. The molecular formula is C24H28N4O3. The summed E-state index contributed by atoms with van der Waals surface area (Å²) in [5, 5.41) is 5.86. The largest absolute Gasteiger partial charge is 0.379 e. The van der Waals surface area contributed by atoms with Gasteiger partial charge in [-0.05, 0) is 54.7 Å². The van der Waals surface area contributed by atoms with Crippen LogP contribution in [0.2, 0.25) is 0 Å². The molecule has 0 aliphatic carbocycles. The fraction of sp³-hybridized carbons (Fsp3) is 0.417. The molecule has 2 fully saturated rings. The van der Waals surface area contributed by atoms with Crippen LogP contribution in [-0.4, -0.2) is 54.5 Å². The third kappa shape index (κ3) is 4.43. The highest BCUT2D eigenvalue weighted by atomic mass is 16.5. The van der Waals surface area contributed by atoms with Gasteiger partial charge in [0.1, 0.15) is 0 Å². The fourth-order valence-corrected chi connectivity index (χ4v) is 4.60. The molecule has 2 aromatic rings. The second kappa shape index (κ2) is 8.69. The number of amides is 2. The van der Waals surface area contributed by atoms with Crippen LogP contribution in [-0.2, 0) is 27.3 Å². The number of aromatic nitrogens is 1. The SMILES string of the molecule is O=C1Nc2ccc(CCC3CCNC3=O)cc2C1=Cc1cc(CN2CCOCC2)c[nH]1. The van der Waals surface area contributed by atoms with Gasteiger partial charge in [0.05, 0.1) is 18.8 Å². The standard InChI is InChI=1S/C24H28N4O3/c29-23-18(5-6-25-23)3-1-16-2-4-22-20(12-16)21(24(30)27-22)13-19-11-17(14-26-19)15-28-7-9-31-10-8-28/h2,4,11-14,18,26H,1,3,5-10,15H2,(H,25,29)(H,27,30). The predicted octanol–water partition coefficient (Wildman–Crippen LogP) is 2.41. The van der Waals surface area contributed by atoms with Crippen molar-refractivity contribution >= 4 is 29.2 Å². The number of nitrogens with one attached hydrogen (secondary N) is 3. The van der Waals surface area contributed by atoms with Gasteiger partial charge in [0, 0.05) is 55.2 Å². The Morgan fingerprint density at radius 1 is 1.13 bits per heavy atom. The minimum Gasteiger partial charge on any atom is -0.379 e. The van der Waals surface area contributed by atoms with Crippen LogP contribution in [0.25, 0.3) is 11.6 Å². The maximum Gasteiger partial charge on any atom is 0.256 e. The highest BCUT2D eigenvalue weighted by Crippen LogP contribution is 2.34. The van der Waals surface area contributed by atoms with Crippen LogP contribution in [0, 0.1) is 5.92 Å². The molecule has 3 aliphatic heterocycles. The first kappa shape index (κ1) is 20.0. The number of benzene rings is 1. The van der Waals surface area contributed by atoms with E-state index in [-0.39, 0.29) is 17.7 Å². The molecule has 1 atom stereocenters. The number of morpholine rings is 1. The average Bonchev–Trinajstić information content (AvgIpc) is 3.47. The lowest BCUT2D eigenvalue weighted by Gasteiger charge is -2.25. The van der Waals surface area contributed by atoms with E-state index in [0.717, 1.165) is 81.2 Å². The molecule has 7 heteroatoms. The van der Waals surface area contributed by atoms with Gasteiger partial charge in [-0.1, -0.05) is 6.07 Å². The molecule has 4 heterocycles. The zero-order chi connectivity index (χ0) is 21.2. The van der Waals surface area contributed by atoms with E-state index in [9.17, 15) is 9.59 Å². The Labute approximate surface area is 181 Å². The van der Waals surface area contributed by atoms with E-state index in [1.807, 2.05) is 24.4 Å². The van der Waals surface area contributed by atoms with Crippen molar-refractivity contribution in [2.75, 3.05) is 38.2 Å². The van der Waals surface area contributed by atoms with E-state index >= 15 is 0 Å². The number of hydrogen-bond acceptors (Lipinski definition) is 4. The van der Waals surface area contributed by atoms with E-state index in [4.69, 9.17) is 4.74 Å². The maximum absolute atomic E-state index is 12.6. The van der Waals surface area contributed by atoms with E-state index in [1.54, 1.807) is 0 Å². The van der Waals surface area contributed by atoms with Crippen molar-refractivity contribution in [2.45, 2.75) is 25.8 Å². The Hall–Kier alpha value is -2.90. The quantitative estimate of drug-likeness (QED) is 0.627. The minimum absolute atomic E-state index is 0.0772. The number of aryl methyl sites for hydroxylation is 1. The van der Waals surface area contributed by atoms with Crippen molar-refractivity contribution in [3.8, 4) is 0 Å². The van der Waals surface area contributed by atoms with E-state index < -0.39 is 0 Å². The molecule has 1 aromatic carbocycles. The normalized spacial score (nSPS) is 22.6. The number of H-pyrrole nitrogens is 1. The number of hydrogen-bond donors (Lipinski definition) is 3. The van der Waals surface area contributed by atoms with Crippen molar-refractivity contribution in [1.29, 1.82) is 0 Å². The van der Waals surface area contributed by atoms with Crippen LogP contribution in [0.15, 0.2) is 30.5 Å². The van der Waals surface area contributed by atoms with Crippen molar-refractivity contribution < 1.29 is 14.3 Å². The smallest absolute Gasteiger partial charge is 0.256 e. The Balaban J connectivity index is 1.31. The molecule has 7 nitrogen and oxygen atoms in total. The van der Waals surface area contributed by atoms with Gasteiger partial charge in [-0.25, -0.2) is 0 Å². The van der Waals surface area contributed by atoms with Gasteiger partial charge in [0.15, 0.2) is 0 Å². The Kier molecular flexibility index (Phi) is 5.61. The fourth-order valence-electron chi connectivity index (χ4n) is 4.60. The summed E-state index contributed by atoms with van der Waals surface area (Å²) in [4.78, 5) is 30.1. The lowest BCUT2D eigenvalue weighted by Crippen LogP contribution is -2.35. The average molecular weight is 421 g/mol. The van der Waals surface area contributed by atoms with Gasteiger partial charge >= 0.3 is 0 Å². The van der Waals surface area contributed by atoms with Crippen LogP contribution in [0.4, 0.5) is 5.69 Å². The van der Waals surface area contributed by atoms with Gasteiger partial charge < -0.3 is 20.4 Å². The van der Waals surface area contributed by atoms with Gasteiger partial charge in [0.25, 0.3) is 5.91 Å². The Bertz CT molecular complexity index is 1020. The molecule has 0 saturated carbocycles. The van der Waals surface area contributed by atoms with Crippen LogP contribution >= 0.6 is 0 Å². The minimum atomic E-state index is -0.0772. The molecule has 162 valence electrons. The third-order valence-electron chi connectivity index (χ3n) is 6.39. The summed E-state index contributed by atoms with van der Waals surface area (Å²) >= 11 is 0. The molecule has 0 radical (unpaired) electrons. The highest BCUT2D eigenvalue weighted by Gasteiger charge is 2.26.